The monoisotopic (exact) mass is 334 g/mol. The Hall–Kier alpha value is -2.53. The molecule has 0 aliphatic carbocycles. The fourth-order valence-corrected chi connectivity index (χ4v) is 2.10. The molecule has 0 radical (unpaired) electrons. The summed E-state index contributed by atoms with van der Waals surface area (Å²) in [5.74, 6) is -1.29. The van der Waals surface area contributed by atoms with Crippen LogP contribution in [0.4, 0.5) is 0 Å². The van der Waals surface area contributed by atoms with E-state index in [0.717, 1.165) is 0 Å². The molecule has 0 aliphatic heterocycles. The van der Waals surface area contributed by atoms with Crippen molar-refractivity contribution >= 4 is 23.5 Å². The molecule has 2 aromatic rings. The summed E-state index contributed by atoms with van der Waals surface area (Å²) in [5, 5.41) is 0.617. The van der Waals surface area contributed by atoms with E-state index in [2.05, 4.69) is 9.47 Å². The molecule has 2 aromatic carbocycles. The van der Waals surface area contributed by atoms with Gasteiger partial charge in [0.05, 0.1) is 14.2 Å². The van der Waals surface area contributed by atoms with E-state index in [9.17, 15) is 9.59 Å². The summed E-state index contributed by atoms with van der Waals surface area (Å²) in [6.07, 6.45) is 0. The number of esters is 2. The summed E-state index contributed by atoms with van der Waals surface area (Å²) in [7, 11) is 2.44. The maximum atomic E-state index is 11.8. The molecule has 0 saturated carbocycles. The zero-order valence-electron chi connectivity index (χ0n) is 12.6. The number of halogens is 1. The van der Waals surface area contributed by atoms with E-state index in [1.807, 2.05) is 0 Å². The second-order valence-corrected chi connectivity index (χ2v) is 5.04. The maximum absolute atomic E-state index is 11.8. The number of hydrogen-bond acceptors (Lipinski definition) is 5. The SMILES string of the molecule is COC(=O)C(C(=O)OC)c1ccc(Oc2ccc(Cl)cc2)cc1. The highest BCUT2D eigenvalue weighted by Gasteiger charge is 2.30. The largest absolute Gasteiger partial charge is 0.468 e. The minimum Gasteiger partial charge on any atom is -0.468 e. The summed E-state index contributed by atoms with van der Waals surface area (Å²) >= 11 is 5.81. The number of carbonyl (C=O) groups is 2. The van der Waals surface area contributed by atoms with E-state index in [-0.39, 0.29) is 0 Å². The standard InChI is InChI=1S/C17H15ClO5/c1-21-16(19)15(17(20)22-2)11-3-7-13(8-4-11)23-14-9-5-12(18)6-10-14/h3-10,15H,1-2H3. The van der Waals surface area contributed by atoms with Crippen molar-refractivity contribution in [2.45, 2.75) is 5.92 Å². The van der Waals surface area contributed by atoms with Gasteiger partial charge in [0.15, 0.2) is 5.92 Å². The Balaban J connectivity index is 2.18. The first-order chi connectivity index (χ1) is 11.0. The topological polar surface area (TPSA) is 61.8 Å². The minimum absolute atomic E-state index is 0.465. The third kappa shape index (κ3) is 4.23. The first-order valence-electron chi connectivity index (χ1n) is 6.74. The van der Waals surface area contributed by atoms with Gasteiger partial charge in [-0.1, -0.05) is 23.7 Å². The molecule has 6 heteroatoms. The van der Waals surface area contributed by atoms with Crippen molar-refractivity contribution in [2.24, 2.45) is 0 Å². The van der Waals surface area contributed by atoms with Crippen molar-refractivity contribution in [3.05, 3.63) is 59.1 Å². The number of hydrogen-bond donors (Lipinski definition) is 0. The summed E-state index contributed by atoms with van der Waals surface area (Å²) < 4.78 is 14.9. The quantitative estimate of drug-likeness (QED) is 0.618. The predicted molar refractivity (Wildman–Crippen MR) is 84.7 cm³/mol. The first-order valence-corrected chi connectivity index (χ1v) is 7.12. The van der Waals surface area contributed by atoms with Crippen LogP contribution in [0.5, 0.6) is 11.5 Å². The van der Waals surface area contributed by atoms with Crippen LogP contribution < -0.4 is 4.74 Å². The van der Waals surface area contributed by atoms with Gasteiger partial charge in [-0.15, -0.1) is 0 Å². The van der Waals surface area contributed by atoms with Crippen molar-refractivity contribution in [3.63, 3.8) is 0 Å². The summed E-state index contributed by atoms with van der Waals surface area (Å²) in [4.78, 5) is 23.5. The molecule has 0 spiro atoms. The molecule has 2 rings (SSSR count). The van der Waals surface area contributed by atoms with Crippen molar-refractivity contribution in [2.75, 3.05) is 14.2 Å². The second kappa shape index (κ2) is 7.65. The molecule has 0 bridgehead atoms. The smallest absolute Gasteiger partial charge is 0.324 e. The molecule has 0 N–H and O–H groups in total. The van der Waals surface area contributed by atoms with Gasteiger partial charge < -0.3 is 14.2 Å². The Labute approximate surface area is 138 Å². The lowest BCUT2D eigenvalue weighted by molar-refractivity contribution is -0.154. The number of ether oxygens (including phenoxy) is 3. The van der Waals surface area contributed by atoms with Gasteiger partial charge in [0.25, 0.3) is 0 Å². The van der Waals surface area contributed by atoms with Crippen LogP contribution in [0.2, 0.25) is 5.02 Å². The van der Waals surface area contributed by atoms with Crippen molar-refractivity contribution < 1.29 is 23.8 Å². The molecule has 120 valence electrons. The van der Waals surface area contributed by atoms with Crippen LogP contribution >= 0.6 is 11.6 Å². The predicted octanol–water partition coefficient (Wildman–Crippen LogP) is 3.56. The highest BCUT2D eigenvalue weighted by Crippen LogP contribution is 2.26. The van der Waals surface area contributed by atoms with Crippen LogP contribution in [0.1, 0.15) is 11.5 Å². The normalized spacial score (nSPS) is 10.3. The molecule has 0 fully saturated rings. The van der Waals surface area contributed by atoms with Gasteiger partial charge in [-0.2, -0.15) is 0 Å². The van der Waals surface area contributed by atoms with Crippen LogP contribution in [0.15, 0.2) is 48.5 Å². The number of benzene rings is 2. The van der Waals surface area contributed by atoms with Gasteiger partial charge in [-0.25, -0.2) is 0 Å². The minimum atomic E-state index is -1.12. The van der Waals surface area contributed by atoms with E-state index in [1.54, 1.807) is 48.5 Å². The maximum Gasteiger partial charge on any atom is 0.324 e. The summed E-state index contributed by atoms with van der Waals surface area (Å²) in [6.45, 7) is 0. The van der Waals surface area contributed by atoms with Gasteiger partial charge in [-0.3, -0.25) is 9.59 Å². The van der Waals surface area contributed by atoms with Gasteiger partial charge in [0, 0.05) is 5.02 Å². The molecule has 0 atom stereocenters. The zero-order valence-corrected chi connectivity index (χ0v) is 13.4. The first kappa shape index (κ1) is 16.8. The molecule has 0 unspecified atom stereocenters. The van der Waals surface area contributed by atoms with Gasteiger partial charge >= 0.3 is 11.9 Å². The third-order valence-corrected chi connectivity index (χ3v) is 3.39. The molecule has 0 amide bonds. The van der Waals surface area contributed by atoms with Crippen molar-refractivity contribution in [1.82, 2.24) is 0 Å². The Bertz CT molecular complexity index is 663. The van der Waals surface area contributed by atoms with E-state index >= 15 is 0 Å². The second-order valence-electron chi connectivity index (χ2n) is 4.60. The number of rotatable bonds is 5. The lowest BCUT2D eigenvalue weighted by Crippen LogP contribution is -2.24. The Kier molecular flexibility index (Phi) is 5.60. The van der Waals surface area contributed by atoms with E-state index in [4.69, 9.17) is 16.3 Å². The van der Waals surface area contributed by atoms with E-state index < -0.39 is 17.9 Å². The van der Waals surface area contributed by atoms with E-state index in [0.29, 0.717) is 22.1 Å². The van der Waals surface area contributed by atoms with Crippen LogP contribution in [0, 0.1) is 0 Å². The average molecular weight is 335 g/mol. The molecule has 0 saturated heterocycles. The zero-order chi connectivity index (χ0) is 16.8. The lowest BCUT2D eigenvalue weighted by atomic mass is 9.99. The summed E-state index contributed by atoms with van der Waals surface area (Å²) in [6, 6.07) is 13.5. The fourth-order valence-electron chi connectivity index (χ4n) is 1.97. The molecular formula is C17H15ClO5. The van der Waals surface area contributed by atoms with Crippen molar-refractivity contribution in [1.29, 1.82) is 0 Å². The Morgan fingerprint density at radius 2 is 1.26 bits per heavy atom. The van der Waals surface area contributed by atoms with Crippen LogP contribution in [-0.2, 0) is 19.1 Å². The Morgan fingerprint density at radius 3 is 1.70 bits per heavy atom. The molecule has 23 heavy (non-hydrogen) atoms. The van der Waals surface area contributed by atoms with Crippen LogP contribution in [0.25, 0.3) is 0 Å². The van der Waals surface area contributed by atoms with Gasteiger partial charge in [0.1, 0.15) is 11.5 Å². The van der Waals surface area contributed by atoms with Crippen molar-refractivity contribution in [3.8, 4) is 11.5 Å². The van der Waals surface area contributed by atoms with Gasteiger partial charge in [-0.05, 0) is 42.0 Å². The third-order valence-electron chi connectivity index (χ3n) is 3.14. The van der Waals surface area contributed by atoms with Gasteiger partial charge in [0.2, 0.25) is 0 Å². The fraction of sp³-hybridized carbons (Fsp3) is 0.176. The molecule has 0 aromatic heterocycles. The molecular weight excluding hydrogens is 320 g/mol. The number of methoxy groups -OCH3 is 2. The van der Waals surface area contributed by atoms with Crippen LogP contribution in [-0.4, -0.2) is 26.2 Å². The molecule has 0 heterocycles. The summed E-state index contributed by atoms with van der Waals surface area (Å²) in [5.41, 5.74) is 0.465. The molecule has 0 aliphatic rings. The highest BCUT2D eigenvalue weighted by molar-refractivity contribution is 6.30. The van der Waals surface area contributed by atoms with E-state index in [1.165, 1.54) is 14.2 Å². The Morgan fingerprint density at radius 1 is 0.826 bits per heavy atom. The highest BCUT2D eigenvalue weighted by atomic mass is 35.5. The van der Waals surface area contributed by atoms with Crippen LogP contribution in [0.3, 0.4) is 0 Å². The molecule has 5 nitrogen and oxygen atoms in total. The lowest BCUT2D eigenvalue weighted by Gasteiger charge is -2.13. The number of carbonyl (C=O) groups excluding carboxylic acids is 2. The average Bonchev–Trinajstić information content (AvgIpc) is 2.58.